The number of thioether (sulfide) groups is 1. The molecule has 4 rings (SSSR count). The molecule has 0 aliphatic heterocycles. The normalized spacial score (nSPS) is 10.8. The Hall–Kier alpha value is -3.32. The minimum absolute atomic E-state index is 0.0850. The summed E-state index contributed by atoms with van der Waals surface area (Å²) in [5.41, 5.74) is 0.778. The van der Waals surface area contributed by atoms with Crippen LogP contribution in [-0.4, -0.2) is 26.4 Å². The zero-order chi connectivity index (χ0) is 20.1. The Labute approximate surface area is 172 Å². The maximum Gasteiger partial charge on any atom is 0.234 e. The van der Waals surface area contributed by atoms with Gasteiger partial charge in [0.1, 0.15) is 12.4 Å². The van der Waals surface area contributed by atoms with Crippen LogP contribution in [-0.2, 0) is 18.4 Å². The summed E-state index contributed by atoms with van der Waals surface area (Å²) in [6.07, 6.45) is 0. The van der Waals surface area contributed by atoms with Crippen molar-refractivity contribution in [3.8, 4) is 5.75 Å². The SMILES string of the molecule is Cn1c(COc2ccc3ccccc3c2)nnc1SCC(=O)Nc1ccccc1. The summed E-state index contributed by atoms with van der Waals surface area (Å²) >= 11 is 1.34. The number of carbonyl (C=O) groups is 1. The van der Waals surface area contributed by atoms with Gasteiger partial charge in [-0.3, -0.25) is 4.79 Å². The Bertz CT molecular complexity index is 1130. The van der Waals surface area contributed by atoms with Crippen LogP contribution >= 0.6 is 11.8 Å². The molecule has 6 nitrogen and oxygen atoms in total. The highest BCUT2D eigenvalue weighted by molar-refractivity contribution is 7.99. The largest absolute Gasteiger partial charge is 0.486 e. The highest BCUT2D eigenvalue weighted by atomic mass is 32.2. The van der Waals surface area contributed by atoms with Crippen LogP contribution in [0.2, 0.25) is 0 Å². The van der Waals surface area contributed by atoms with Gasteiger partial charge in [-0.05, 0) is 35.0 Å². The van der Waals surface area contributed by atoms with Crippen molar-refractivity contribution >= 4 is 34.1 Å². The predicted molar refractivity (Wildman–Crippen MR) is 115 cm³/mol. The van der Waals surface area contributed by atoms with Gasteiger partial charge in [-0.2, -0.15) is 0 Å². The van der Waals surface area contributed by atoms with Gasteiger partial charge in [0.05, 0.1) is 5.75 Å². The van der Waals surface area contributed by atoms with E-state index in [0.717, 1.165) is 16.8 Å². The number of para-hydroxylation sites is 1. The summed E-state index contributed by atoms with van der Waals surface area (Å²) in [4.78, 5) is 12.1. The first-order valence-corrected chi connectivity index (χ1v) is 10.2. The molecule has 3 aromatic carbocycles. The molecule has 0 saturated heterocycles. The first kappa shape index (κ1) is 19.0. The topological polar surface area (TPSA) is 69.0 Å². The molecule has 146 valence electrons. The van der Waals surface area contributed by atoms with Crippen molar-refractivity contribution in [2.45, 2.75) is 11.8 Å². The number of aromatic nitrogens is 3. The Balaban J connectivity index is 1.33. The van der Waals surface area contributed by atoms with Crippen LogP contribution in [0.15, 0.2) is 78.0 Å². The zero-order valence-electron chi connectivity index (χ0n) is 15.9. The van der Waals surface area contributed by atoms with E-state index in [1.807, 2.05) is 72.3 Å². The Morgan fingerprint density at radius 3 is 2.59 bits per heavy atom. The number of fused-ring (bicyclic) bond motifs is 1. The fraction of sp³-hybridized carbons (Fsp3) is 0.136. The smallest absolute Gasteiger partial charge is 0.234 e. The second-order valence-corrected chi connectivity index (χ2v) is 7.40. The summed E-state index contributed by atoms with van der Waals surface area (Å²) in [6.45, 7) is 0.304. The highest BCUT2D eigenvalue weighted by Gasteiger charge is 2.12. The van der Waals surface area contributed by atoms with Gasteiger partial charge in [-0.1, -0.05) is 60.3 Å². The molecule has 0 aliphatic carbocycles. The van der Waals surface area contributed by atoms with Gasteiger partial charge in [-0.25, -0.2) is 0 Å². The number of amides is 1. The molecule has 29 heavy (non-hydrogen) atoms. The number of ether oxygens (including phenoxy) is 1. The molecule has 0 aliphatic rings. The van der Waals surface area contributed by atoms with Crippen molar-refractivity contribution in [3.05, 3.63) is 78.6 Å². The molecule has 1 heterocycles. The van der Waals surface area contributed by atoms with Gasteiger partial charge < -0.3 is 14.6 Å². The van der Waals surface area contributed by atoms with Crippen LogP contribution < -0.4 is 10.1 Å². The molecule has 0 bridgehead atoms. The number of carbonyl (C=O) groups excluding carboxylic acids is 1. The number of hydrogen-bond donors (Lipinski definition) is 1. The fourth-order valence-electron chi connectivity index (χ4n) is 2.85. The molecular formula is C22H20N4O2S. The summed E-state index contributed by atoms with van der Waals surface area (Å²) in [5, 5.41) is 14.2. The number of nitrogens with zero attached hydrogens (tertiary/aromatic N) is 3. The Morgan fingerprint density at radius 1 is 1.00 bits per heavy atom. The average Bonchev–Trinajstić information content (AvgIpc) is 3.11. The van der Waals surface area contributed by atoms with Crippen LogP contribution in [0.4, 0.5) is 5.69 Å². The third kappa shape index (κ3) is 4.75. The predicted octanol–water partition coefficient (Wildman–Crippen LogP) is 4.28. The number of anilines is 1. The molecule has 4 aromatic rings. The van der Waals surface area contributed by atoms with Crippen molar-refractivity contribution in [3.63, 3.8) is 0 Å². The molecule has 1 amide bonds. The minimum Gasteiger partial charge on any atom is -0.486 e. The first-order chi connectivity index (χ1) is 14.2. The second kappa shape index (κ2) is 8.79. The number of benzene rings is 3. The average molecular weight is 404 g/mol. The van der Waals surface area contributed by atoms with E-state index in [1.54, 1.807) is 0 Å². The van der Waals surface area contributed by atoms with E-state index in [0.29, 0.717) is 17.6 Å². The van der Waals surface area contributed by atoms with Crippen LogP contribution in [0.25, 0.3) is 10.8 Å². The Kier molecular flexibility index (Phi) is 5.76. The maximum absolute atomic E-state index is 12.1. The second-order valence-electron chi connectivity index (χ2n) is 6.46. The summed E-state index contributed by atoms with van der Waals surface area (Å²) in [6, 6.07) is 23.5. The van der Waals surface area contributed by atoms with Gasteiger partial charge >= 0.3 is 0 Å². The van der Waals surface area contributed by atoms with E-state index in [-0.39, 0.29) is 11.7 Å². The van der Waals surface area contributed by atoms with Crippen LogP contribution in [0, 0.1) is 0 Å². The molecule has 1 N–H and O–H groups in total. The van der Waals surface area contributed by atoms with Gasteiger partial charge in [0, 0.05) is 12.7 Å². The molecule has 0 radical (unpaired) electrons. The fourth-order valence-corrected chi connectivity index (χ4v) is 3.58. The molecule has 0 atom stereocenters. The Morgan fingerprint density at radius 2 is 1.76 bits per heavy atom. The van der Waals surface area contributed by atoms with Crippen molar-refractivity contribution in [1.82, 2.24) is 14.8 Å². The molecule has 0 saturated carbocycles. The van der Waals surface area contributed by atoms with Crippen molar-refractivity contribution < 1.29 is 9.53 Å². The van der Waals surface area contributed by atoms with E-state index < -0.39 is 0 Å². The summed E-state index contributed by atoms with van der Waals surface area (Å²) in [7, 11) is 1.87. The van der Waals surface area contributed by atoms with E-state index in [2.05, 4.69) is 27.6 Å². The van der Waals surface area contributed by atoms with Crippen molar-refractivity contribution in [2.75, 3.05) is 11.1 Å². The molecule has 0 fully saturated rings. The number of rotatable bonds is 7. The minimum atomic E-state index is -0.0850. The van der Waals surface area contributed by atoms with Crippen LogP contribution in [0.3, 0.4) is 0 Å². The lowest BCUT2D eigenvalue weighted by Gasteiger charge is -2.08. The molecular weight excluding hydrogens is 384 g/mol. The summed E-state index contributed by atoms with van der Waals surface area (Å²) in [5.74, 6) is 1.65. The first-order valence-electron chi connectivity index (χ1n) is 9.16. The maximum atomic E-state index is 12.1. The van der Waals surface area contributed by atoms with Gasteiger partial charge in [0.2, 0.25) is 5.91 Å². The zero-order valence-corrected chi connectivity index (χ0v) is 16.7. The van der Waals surface area contributed by atoms with Crippen molar-refractivity contribution in [1.29, 1.82) is 0 Å². The van der Waals surface area contributed by atoms with Gasteiger partial charge in [0.15, 0.2) is 11.0 Å². The lowest BCUT2D eigenvalue weighted by Crippen LogP contribution is -2.14. The van der Waals surface area contributed by atoms with Gasteiger partial charge in [0.25, 0.3) is 0 Å². The van der Waals surface area contributed by atoms with Crippen molar-refractivity contribution in [2.24, 2.45) is 7.05 Å². The standard InChI is InChI=1S/C22H20N4O2S/c1-26-20(14-28-19-12-11-16-7-5-6-8-17(16)13-19)24-25-22(26)29-15-21(27)23-18-9-3-2-4-10-18/h2-13H,14-15H2,1H3,(H,23,27). The summed E-state index contributed by atoms with van der Waals surface area (Å²) < 4.78 is 7.74. The van der Waals surface area contributed by atoms with Crippen LogP contribution in [0.1, 0.15) is 5.82 Å². The van der Waals surface area contributed by atoms with Gasteiger partial charge in [-0.15, -0.1) is 10.2 Å². The van der Waals surface area contributed by atoms with E-state index in [9.17, 15) is 4.79 Å². The third-order valence-electron chi connectivity index (χ3n) is 4.40. The lowest BCUT2D eigenvalue weighted by atomic mass is 10.1. The van der Waals surface area contributed by atoms with E-state index in [1.165, 1.54) is 17.1 Å². The lowest BCUT2D eigenvalue weighted by molar-refractivity contribution is -0.113. The highest BCUT2D eigenvalue weighted by Crippen LogP contribution is 2.22. The quantitative estimate of drug-likeness (QED) is 0.466. The van der Waals surface area contributed by atoms with Crippen LogP contribution in [0.5, 0.6) is 5.75 Å². The molecule has 0 unspecified atom stereocenters. The molecule has 1 aromatic heterocycles. The number of nitrogens with one attached hydrogen (secondary N) is 1. The van der Waals surface area contributed by atoms with E-state index in [4.69, 9.17) is 4.74 Å². The molecule has 0 spiro atoms. The molecule has 7 heteroatoms. The number of hydrogen-bond acceptors (Lipinski definition) is 5. The van der Waals surface area contributed by atoms with E-state index >= 15 is 0 Å². The monoisotopic (exact) mass is 404 g/mol. The third-order valence-corrected chi connectivity index (χ3v) is 5.42.